The van der Waals surface area contributed by atoms with Gasteiger partial charge in [-0.15, -0.1) is 0 Å². The first-order valence-corrected chi connectivity index (χ1v) is 4.46. The Morgan fingerprint density at radius 3 is 2.86 bits per heavy atom. The number of nitriles is 1. The molecule has 1 rings (SSSR count). The Kier molecular flexibility index (Phi) is 3.49. The number of nitrogens with zero attached hydrogens (tertiary/aromatic N) is 1. The Hall–Kier alpha value is -1.53. The van der Waals surface area contributed by atoms with E-state index in [4.69, 9.17) is 15.7 Å². The van der Waals surface area contributed by atoms with Crippen molar-refractivity contribution in [3.63, 3.8) is 0 Å². The van der Waals surface area contributed by atoms with Gasteiger partial charge in [-0.3, -0.25) is 0 Å². The lowest BCUT2D eigenvalue weighted by molar-refractivity contribution is 0.410. The van der Waals surface area contributed by atoms with Crippen molar-refractivity contribution >= 4 is 0 Å². The van der Waals surface area contributed by atoms with Gasteiger partial charge in [-0.1, -0.05) is 12.1 Å². The van der Waals surface area contributed by atoms with Crippen LogP contribution in [0.3, 0.4) is 0 Å². The molecule has 0 fully saturated rings. The monoisotopic (exact) mass is 190 g/mol. The molecule has 1 atom stereocenters. The van der Waals surface area contributed by atoms with Crippen LogP contribution in [-0.2, 0) is 0 Å². The second-order valence-electron chi connectivity index (χ2n) is 3.14. The van der Waals surface area contributed by atoms with E-state index in [0.717, 1.165) is 16.9 Å². The molecule has 1 unspecified atom stereocenters. The third-order valence-corrected chi connectivity index (χ3v) is 2.26. The molecule has 1 aromatic carbocycles. The van der Waals surface area contributed by atoms with Crippen molar-refractivity contribution in [2.45, 2.75) is 19.4 Å². The summed E-state index contributed by atoms with van der Waals surface area (Å²) in [4.78, 5) is 0. The van der Waals surface area contributed by atoms with Gasteiger partial charge in [-0.2, -0.15) is 5.26 Å². The van der Waals surface area contributed by atoms with E-state index in [1.165, 1.54) is 0 Å². The maximum Gasteiger partial charge on any atom is 0.122 e. The van der Waals surface area contributed by atoms with Crippen LogP contribution in [0.1, 0.15) is 23.6 Å². The molecule has 0 amide bonds. The lowest BCUT2D eigenvalue weighted by Crippen LogP contribution is -2.11. The number of ether oxygens (including phenoxy) is 1. The first-order valence-electron chi connectivity index (χ1n) is 4.46. The number of benzene rings is 1. The molecule has 0 radical (unpaired) electrons. The first kappa shape index (κ1) is 10.6. The van der Waals surface area contributed by atoms with Gasteiger partial charge in [0.1, 0.15) is 5.75 Å². The van der Waals surface area contributed by atoms with Crippen molar-refractivity contribution < 1.29 is 4.74 Å². The van der Waals surface area contributed by atoms with Gasteiger partial charge in [0.25, 0.3) is 0 Å². The molecule has 0 saturated heterocycles. The highest BCUT2D eigenvalue weighted by Gasteiger charge is 2.10. The van der Waals surface area contributed by atoms with Crippen LogP contribution in [0.15, 0.2) is 18.2 Å². The molecule has 3 nitrogen and oxygen atoms in total. The zero-order chi connectivity index (χ0) is 10.6. The van der Waals surface area contributed by atoms with Gasteiger partial charge in [-0.25, -0.2) is 0 Å². The number of nitrogens with two attached hydrogens (primary N) is 1. The Morgan fingerprint density at radius 2 is 2.29 bits per heavy atom. The highest BCUT2D eigenvalue weighted by atomic mass is 16.5. The Morgan fingerprint density at radius 1 is 1.57 bits per heavy atom. The normalized spacial score (nSPS) is 11.9. The van der Waals surface area contributed by atoms with E-state index in [1.807, 2.05) is 25.1 Å². The Labute approximate surface area is 84.1 Å². The van der Waals surface area contributed by atoms with Gasteiger partial charge in [-0.05, 0) is 24.1 Å². The SMILES string of the molecule is COc1cccc(C(N)CC#N)c1C. The molecule has 14 heavy (non-hydrogen) atoms. The minimum Gasteiger partial charge on any atom is -0.496 e. The van der Waals surface area contributed by atoms with E-state index in [9.17, 15) is 0 Å². The number of hydrogen-bond donors (Lipinski definition) is 1. The predicted molar refractivity (Wildman–Crippen MR) is 54.9 cm³/mol. The van der Waals surface area contributed by atoms with Gasteiger partial charge in [0, 0.05) is 6.04 Å². The van der Waals surface area contributed by atoms with Crippen molar-refractivity contribution in [1.82, 2.24) is 0 Å². The van der Waals surface area contributed by atoms with Crippen molar-refractivity contribution in [1.29, 1.82) is 5.26 Å². The Balaban J connectivity index is 3.04. The average molecular weight is 190 g/mol. The van der Waals surface area contributed by atoms with Crippen LogP contribution < -0.4 is 10.5 Å². The van der Waals surface area contributed by atoms with Crippen molar-refractivity contribution in [2.24, 2.45) is 5.73 Å². The second kappa shape index (κ2) is 4.64. The van der Waals surface area contributed by atoms with Gasteiger partial charge >= 0.3 is 0 Å². The molecule has 0 spiro atoms. The second-order valence-corrected chi connectivity index (χ2v) is 3.14. The molecule has 0 heterocycles. The van der Waals surface area contributed by atoms with Crippen molar-refractivity contribution in [3.8, 4) is 11.8 Å². The van der Waals surface area contributed by atoms with Crippen LogP contribution in [-0.4, -0.2) is 7.11 Å². The van der Waals surface area contributed by atoms with Crippen LogP contribution in [0.5, 0.6) is 5.75 Å². The molecule has 0 aliphatic heterocycles. The van der Waals surface area contributed by atoms with E-state index >= 15 is 0 Å². The molecular weight excluding hydrogens is 176 g/mol. The fraction of sp³-hybridized carbons (Fsp3) is 0.364. The molecule has 0 bridgehead atoms. The molecule has 0 aromatic heterocycles. The maximum absolute atomic E-state index is 8.55. The van der Waals surface area contributed by atoms with E-state index in [2.05, 4.69) is 6.07 Å². The quantitative estimate of drug-likeness (QED) is 0.792. The highest BCUT2D eigenvalue weighted by molar-refractivity contribution is 5.40. The topological polar surface area (TPSA) is 59.0 Å². The maximum atomic E-state index is 8.55. The summed E-state index contributed by atoms with van der Waals surface area (Å²) in [6.45, 7) is 1.95. The summed E-state index contributed by atoms with van der Waals surface area (Å²) in [6.07, 6.45) is 0.327. The van der Waals surface area contributed by atoms with E-state index < -0.39 is 0 Å². The summed E-state index contributed by atoms with van der Waals surface area (Å²) in [7, 11) is 1.63. The highest BCUT2D eigenvalue weighted by Crippen LogP contribution is 2.25. The van der Waals surface area contributed by atoms with Crippen LogP contribution in [0.4, 0.5) is 0 Å². The van der Waals surface area contributed by atoms with Crippen molar-refractivity contribution in [3.05, 3.63) is 29.3 Å². The lowest BCUT2D eigenvalue weighted by Gasteiger charge is -2.13. The first-order chi connectivity index (χ1) is 6.70. The minimum absolute atomic E-state index is 0.227. The van der Waals surface area contributed by atoms with Crippen LogP contribution >= 0.6 is 0 Å². The smallest absolute Gasteiger partial charge is 0.122 e. The summed E-state index contributed by atoms with van der Waals surface area (Å²) in [5.41, 5.74) is 7.84. The number of hydrogen-bond acceptors (Lipinski definition) is 3. The summed E-state index contributed by atoms with van der Waals surface area (Å²) in [5, 5.41) is 8.55. The standard InChI is InChI=1S/C11H14N2O/c1-8-9(10(13)6-7-12)4-3-5-11(8)14-2/h3-5,10H,6,13H2,1-2H3. The molecule has 1 aromatic rings. The van der Waals surface area contributed by atoms with Gasteiger partial charge in [0.2, 0.25) is 0 Å². The molecule has 0 aliphatic rings. The van der Waals surface area contributed by atoms with Gasteiger partial charge in [0.05, 0.1) is 19.6 Å². The Bertz CT molecular complexity index is 355. The summed E-state index contributed by atoms with van der Waals surface area (Å²) in [6, 6.07) is 7.54. The zero-order valence-corrected chi connectivity index (χ0v) is 8.45. The number of rotatable bonds is 3. The minimum atomic E-state index is -0.227. The van der Waals surface area contributed by atoms with Crippen LogP contribution in [0.25, 0.3) is 0 Å². The zero-order valence-electron chi connectivity index (χ0n) is 8.45. The molecule has 0 aliphatic carbocycles. The largest absolute Gasteiger partial charge is 0.496 e. The van der Waals surface area contributed by atoms with Crippen molar-refractivity contribution in [2.75, 3.05) is 7.11 Å². The van der Waals surface area contributed by atoms with E-state index in [0.29, 0.717) is 6.42 Å². The molecule has 74 valence electrons. The van der Waals surface area contributed by atoms with Gasteiger partial charge in [0.15, 0.2) is 0 Å². The van der Waals surface area contributed by atoms with Crippen LogP contribution in [0.2, 0.25) is 0 Å². The third-order valence-electron chi connectivity index (χ3n) is 2.26. The third kappa shape index (κ3) is 2.04. The van der Waals surface area contributed by atoms with E-state index in [-0.39, 0.29) is 6.04 Å². The molecule has 2 N–H and O–H groups in total. The summed E-state index contributed by atoms with van der Waals surface area (Å²) < 4.78 is 5.18. The molecular formula is C11H14N2O. The van der Waals surface area contributed by atoms with Crippen LogP contribution in [0, 0.1) is 18.3 Å². The average Bonchev–Trinajstić information content (AvgIpc) is 2.18. The molecule has 0 saturated carbocycles. The fourth-order valence-corrected chi connectivity index (χ4v) is 1.46. The fourth-order valence-electron chi connectivity index (χ4n) is 1.46. The lowest BCUT2D eigenvalue weighted by atomic mass is 9.99. The van der Waals surface area contributed by atoms with E-state index in [1.54, 1.807) is 7.11 Å². The predicted octanol–water partition coefficient (Wildman–Crippen LogP) is 1.92. The number of methoxy groups -OCH3 is 1. The molecule has 3 heteroatoms. The van der Waals surface area contributed by atoms with Gasteiger partial charge < -0.3 is 10.5 Å². The summed E-state index contributed by atoms with van der Waals surface area (Å²) in [5.74, 6) is 0.816. The summed E-state index contributed by atoms with van der Waals surface area (Å²) >= 11 is 0.